The number of hydrogen-bond donors (Lipinski definition) is 3. The van der Waals surface area contributed by atoms with E-state index < -0.39 is 5.97 Å². The normalized spacial score (nSPS) is 24.8. The van der Waals surface area contributed by atoms with Crippen molar-refractivity contribution in [3.8, 4) is 0 Å². The molecular weight excluding hydrogens is 272 g/mol. The number of urea groups is 1. The molecule has 1 rings (SSSR count). The fourth-order valence-corrected chi connectivity index (χ4v) is 2.56. The molecule has 6 nitrogen and oxygen atoms in total. The van der Waals surface area contributed by atoms with Crippen molar-refractivity contribution in [2.45, 2.75) is 59.1 Å². The van der Waals surface area contributed by atoms with E-state index in [1.165, 1.54) is 0 Å². The first-order valence-corrected chi connectivity index (χ1v) is 7.67. The zero-order chi connectivity index (χ0) is 16.0. The van der Waals surface area contributed by atoms with Gasteiger partial charge in [-0.15, -0.1) is 0 Å². The maximum Gasteiger partial charge on any atom is 0.315 e. The van der Waals surface area contributed by atoms with Crippen LogP contribution < -0.4 is 10.6 Å². The van der Waals surface area contributed by atoms with Crippen LogP contribution in [-0.4, -0.2) is 42.4 Å². The van der Waals surface area contributed by atoms with Crippen LogP contribution in [0.25, 0.3) is 0 Å². The lowest BCUT2D eigenvalue weighted by Crippen LogP contribution is -2.63. The first-order chi connectivity index (χ1) is 9.78. The first-order valence-electron chi connectivity index (χ1n) is 7.67. The molecule has 0 saturated heterocycles. The molecule has 6 heteroatoms. The zero-order valence-electron chi connectivity index (χ0n) is 13.4. The lowest BCUT2D eigenvalue weighted by atomic mass is 9.64. The second-order valence-electron chi connectivity index (χ2n) is 6.34. The maximum absolute atomic E-state index is 11.8. The number of carboxylic acids is 1. The molecule has 1 aliphatic carbocycles. The number of nitrogens with one attached hydrogen (secondary N) is 2. The minimum absolute atomic E-state index is 0.0504. The van der Waals surface area contributed by atoms with E-state index in [9.17, 15) is 9.59 Å². The Hall–Kier alpha value is -1.30. The van der Waals surface area contributed by atoms with Crippen LogP contribution in [0, 0.1) is 11.3 Å². The standard InChI is InChI=1S/C15H28N2O4/c1-5-21-12-9-11(15(12,3)4)17-14(20)16-8-6-7-10(2)13(18)19/h10-12H,5-9H2,1-4H3,(H,18,19)(H2,16,17,20). The van der Waals surface area contributed by atoms with Gasteiger partial charge in [0.25, 0.3) is 0 Å². The van der Waals surface area contributed by atoms with Gasteiger partial charge in [-0.2, -0.15) is 0 Å². The third-order valence-corrected chi connectivity index (χ3v) is 4.37. The molecule has 0 heterocycles. The van der Waals surface area contributed by atoms with Crippen molar-refractivity contribution >= 4 is 12.0 Å². The summed E-state index contributed by atoms with van der Waals surface area (Å²) in [6, 6.07) is -0.0713. The van der Waals surface area contributed by atoms with E-state index in [1.807, 2.05) is 6.92 Å². The molecular formula is C15H28N2O4. The maximum atomic E-state index is 11.8. The molecule has 2 amide bonds. The van der Waals surface area contributed by atoms with Crippen LogP contribution in [0.15, 0.2) is 0 Å². The van der Waals surface area contributed by atoms with Crippen LogP contribution >= 0.6 is 0 Å². The van der Waals surface area contributed by atoms with Gasteiger partial charge in [0, 0.05) is 24.6 Å². The van der Waals surface area contributed by atoms with Gasteiger partial charge >= 0.3 is 12.0 Å². The molecule has 122 valence electrons. The fourth-order valence-electron chi connectivity index (χ4n) is 2.56. The Bertz CT molecular complexity index is 371. The number of amides is 2. The molecule has 0 spiro atoms. The lowest BCUT2D eigenvalue weighted by molar-refractivity contribution is -0.141. The van der Waals surface area contributed by atoms with Gasteiger partial charge in [-0.1, -0.05) is 20.8 Å². The van der Waals surface area contributed by atoms with Crippen molar-refractivity contribution < 1.29 is 19.4 Å². The van der Waals surface area contributed by atoms with Crippen LogP contribution in [0.3, 0.4) is 0 Å². The highest BCUT2D eigenvalue weighted by atomic mass is 16.5. The average molecular weight is 300 g/mol. The Morgan fingerprint density at radius 3 is 2.62 bits per heavy atom. The predicted molar refractivity (Wildman–Crippen MR) is 80.2 cm³/mol. The van der Waals surface area contributed by atoms with Crippen LogP contribution in [0.1, 0.15) is 47.0 Å². The number of aliphatic carboxylic acids is 1. The third kappa shape index (κ3) is 4.88. The summed E-state index contributed by atoms with van der Waals surface area (Å²) in [7, 11) is 0. The van der Waals surface area contributed by atoms with Crippen LogP contribution in [0.4, 0.5) is 4.79 Å². The van der Waals surface area contributed by atoms with E-state index in [1.54, 1.807) is 6.92 Å². The molecule has 0 aliphatic heterocycles. The summed E-state index contributed by atoms with van der Waals surface area (Å²) >= 11 is 0. The summed E-state index contributed by atoms with van der Waals surface area (Å²) in [6.07, 6.45) is 2.27. The number of carbonyl (C=O) groups excluding carboxylic acids is 1. The zero-order valence-corrected chi connectivity index (χ0v) is 13.4. The average Bonchev–Trinajstić information content (AvgIpc) is 2.42. The second kappa shape index (κ2) is 7.64. The van der Waals surface area contributed by atoms with Gasteiger partial charge in [-0.3, -0.25) is 4.79 Å². The van der Waals surface area contributed by atoms with E-state index in [-0.39, 0.29) is 29.5 Å². The Kier molecular flexibility index (Phi) is 6.45. The summed E-state index contributed by atoms with van der Waals surface area (Å²) in [5, 5.41) is 14.5. The fraction of sp³-hybridized carbons (Fsp3) is 0.867. The van der Waals surface area contributed by atoms with Crippen molar-refractivity contribution in [3.63, 3.8) is 0 Å². The van der Waals surface area contributed by atoms with Gasteiger partial charge in [0.2, 0.25) is 0 Å². The van der Waals surface area contributed by atoms with Gasteiger partial charge in [-0.05, 0) is 26.2 Å². The van der Waals surface area contributed by atoms with Crippen molar-refractivity contribution in [1.29, 1.82) is 0 Å². The molecule has 1 saturated carbocycles. The first kappa shape index (κ1) is 17.8. The number of carbonyl (C=O) groups is 2. The predicted octanol–water partition coefficient (Wildman–Crippen LogP) is 1.99. The Balaban J connectivity index is 2.19. The van der Waals surface area contributed by atoms with Crippen molar-refractivity contribution in [3.05, 3.63) is 0 Å². The number of rotatable bonds is 8. The minimum atomic E-state index is -0.794. The largest absolute Gasteiger partial charge is 0.481 e. The highest BCUT2D eigenvalue weighted by Gasteiger charge is 2.49. The van der Waals surface area contributed by atoms with E-state index in [4.69, 9.17) is 9.84 Å². The SMILES string of the molecule is CCOC1CC(NC(=O)NCCCC(C)C(=O)O)C1(C)C. The van der Waals surface area contributed by atoms with Gasteiger partial charge in [0.1, 0.15) is 0 Å². The molecule has 0 aromatic heterocycles. The van der Waals surface area contributed by atoms with Crippen molar-refractivity contribution in [2.24, 2.45) is 11.3 Å². The molecule has 1 aliphatic rings. The molecule has 21 heavy (non-hydrogen) atoms. The molecule has 0 bridgehead atoms. The monoisotopic (exact) mass is 300 g/mol. The topological polar surface area (TPSA) is 87.7 Å². The lowest BCUT2D eigenvalue weighted by Gasteiger charge is -2.51. The van der Waals surface area contributed by atoms with E-state index in [0.29, 0.717) is 26.0 Å². The number of carboxylic acid groups (broad SMARTS) is 1. The molecule has 0 aromatic rings. The van der Waals surface area contributed by atoms with Gasteiger partial charge in [0.05, 0.1) is 12.0 Å². The van der Waals surface area contributed by atoms with Crippen LogP contribution in [0.5, 0.6) is 0 Å². The molecule has 3 atom stereocenters. The Morgan fingerprint density at radius 2 is 2.10 bits per heavy atom. The molecule has 0 aromatic carbocycles. The highest BCUT2D eigenvalue weighted by Crippen LogP contribution is 2.42. The number of hydrogen-bond acceptors (Lipinski definition) is 3. The summed E-state index contributed by atoms with van der Waals surface area (Å²) in [5.41, 5.74) is -0.0504. The molecule has 1 fully saturated rings. The Morgan fingerprint density at radius 1 is 1.43 bits per heavy atom. The smallest absolute Gasteiger partial charge is 0.315 e. The highest BCUT2D eigenvalue weighted by molar-refractivity contribution is 5.74. The van der Waals surface area contributed by atoms with Crippen LogP contribution in [-0.2, 0) is 9.53 Å². The van der Waals surface area contributed by atoms with E-state index in [2.05, 4.69) is 24.5 Å². The Labute approximate surface area is 126 Å². The quantitative estimate of drug-likeness (QED) is 0.598. The van der Waals surface area contributed by atoms with E-state index >= 15 is 0 Å². The summed E-state index contributed by atoms with van der Waals surface area (Å²) in [4.78, 5) is 22.5. The molecule has 3 unspecified atom stereocenters. The van der Waals surface area contributed by atoms with Crippen molar-refractivity contribution in [1.82, 2.24) is 10.6 Å². The van der Waals surface area contributed by atoms with Crippen molar-refractivity contribution in [2.75, 3.05) is 13.2 Å². The van der Waals surface area contributed by atoms with Gasteiger partial charge in [0.15, 0.2) is 0 Å². The number of ether oxygens (including phenoxy) is 1. The minimum Gasteiger partial charge on any atom is -0.481 e. The van der Waals surface area contributed by atoms with Gasteiger partial charge in [-0.25, -0.2) is 4.79 Å². The van der Waals surface area contributed by atoms with Gasteiger partial charge < -0.3 is 20.5 Å². The summed E-state index contributed by atoms with van der Waals surface area (Å²) in [6.45, 7) is 9.02. The van der Waals surface area contributed by atoms with Crippen LogP contribution in [0.2, 0.25) is 0 Å². The summed E-state index contributed by atoms with van der Waals surface area (Å²) < 4.78 is 5.62. The van der Waals surface area contributed by atoms with E-state index in [0.717, 1.165) is 6.42 Å². The molecule has 3 N–H and O–H groups in total. The second-order valence-corrected chi connectivity index (χ2v) is 6.34. The molecule has 0 radical (unpaired) electrons. The third-order valence-electron chi connectivity index (χ3n) is 4.37. The summed E-state index contributed by atoms with van der Waals surface area (Å²) in [5.74, 6) is -1.16.